The van der Waals surface area contributed by atoms with E-state index < -0.39 is 36.0 Å². The van der Waals surface area contributed by atoms with Gasteiger partial charge in [-0.05, 0) is 41.0 Å². The first kappa shape index (κ1) is 23.4. The van der Waals surface area contributed by atoms with Crippen LogP contribution < -0.4 is 10.6 Å². The smallest absolute Gasteiger partial charge is 0.407 e. The number of ether oxygens (including phenoxy) is 2. The van der Waals surface area contributed by atoms with Gasteiger partial charge in [0.15, 0.2) is 6.10 Å². The van der Waals surface area contributed by atoms with Gasteiger partial charge >= 0.3 is 12.1 Å². The number of nitrogens with one attached hydrogen (secondary N) is 2. The van der Waals surface area contributed by atoms with Gasteiger partial charge in [0.05, 0.1) is 12.0 Å². The second-order valence-corrected chi connectivity index (χ2v) is 9.62. The molecule has 0 radical (unpaired) electrons. The topological polar surface area (TPSA) is 114 Å². The Labute approximate surface area is 204 Å². The van der Waals surface area contributed by atoms with Crippen molar-refractivity contribution in [1.29, 1.82) is 0 Å². The highest BCUT2D eigenvalue weighted by Crippen LogP contribution is 2.44. The Hall–Kier alpha value is -3.39. The molecule has 3 atom stereocenters. The standard InChI is InChI=1S/C27H30N2O6/c30-25(28-14-17(26(31)32)13-16-9-10-16)24-23(11-12-34-24)29-27(33)35-15-22-20-7-3-1-5-18(20)19-6-2-4-8-21(19)22/h1-8,16-17,22-24H,9-15H2,(H,28,30)(H,29,33)(H,31,32)/t17?,23-,24+/m0/s1. The zero-order valence-electron chi connectivity index (χ0n) is 19.4. The maximum atomic E-state index is 12.7. The maximum absolute atomic E-state index is 12.7. The summed E-state index contributed by atoms with van der Waals surface area (Å²) < 4.78 is 11.2. The minimum Gasteiger partial charge on any atom is -0.481 e. The van der Waals surface area contributed by atoms with E-state index in [2.05, 4.69) is 34.9 Å². The third-order valence-corrected chi connectivity index (χ3v) is 7.18. The molecule has 2 amide bonds. The summed E-state index contributed by atoms with van der Waals surface area (Å²) in [4.78, 5) is 36.8. The van der Waals surface area contributed by atoms with Gasteiger partial charge < -0.3 is 25.2 Å². The van der Waals surface area contributed by atoms with Crippen LogP contribution in [-0.4, -0.2) is 55.0 Å². The molecule has 1 unspecified atom stereocenters. The number of benzene rings is 2. The fourth-order valence-electron chi connectivity index (χ4n) is 5.14. The number of fused-ring (bicyclic) bond motifs is 3. The van der Waals surface area contributed by atoms with Crippen LogP contribution in [0.3, 0.4) is 0 Å². The molecule has 1 heterocycles. The van der Waals surface area contributed by atoms with Crippen LogP contribution >= 0.6 is 0 Å². The minimum atomic E-state index is -0.905. The lowest BCUT2D eigenvalue weighted by molar-refractivity contribution is -0.142. The van der Waals surface area contributed by atoms with Crippen LogP contribution in [0.4, 0.5) is 4.79 Å². The van der Waals surface area contributed by atoms with Crippen molar-refractivity contribution >= 4 is 18.0 Å². The Morgan fingerprint density at radius 1 is 1.00 bits per heavy atom. The highest BCUT2D eigenvalue weighted by molar-refractivity contribution is 5.83. The van der Waals surface area contributed by atoms with Crippen molar-refractivity contribution in [1.82, 2.24) is 10.6 Å². The van der Waals surface area contributed by atoms with Crippen molar-refractivity contribution in [2.24, 2.45) is 11.8 Å². The van der Waals surface area contributed by atoms with Gasteiger partial charge in [-0.15, -0.1) is 0 Å². The fourth-order valence-corrected chi connectivity index (χ4v) is 5.14. The molecule has 0 bridgehead atoms. The van der Waals surface area contributed by atoms with Crippen LogP contribution in [0.2, 0.25) is 0 Å². The molecule has 0 spiro atoms. The fraction of sp³-hybridized carbons (Fsp3) is 0.444. The molecule has 184 valence electrons. The Kier molecular flexibility index (Phi) is 6.72. The molecule has 1 saturated heterocycles. The predicted octanol–water partition coefficient (Wildman–Crippen LogP) is 3.30. The zero-order chi connectivity index (χ0) is 24.4. The van der Waals surface area contributed by atoms with Crippen molar-refractivity contribution < 1.29 is 29.0 Å². The maximum Gasteiger partial charge on any atom is 0.407 e. The van der Waals surface area contributed by atoms with Crippen LogP contribution in [-0.2, 0) is 19.1 Å². The lowest BCUT2D eigenvalue weighted by atomic mass is 9.98. The molecular formula is C27H30N2O6. The Morgan fingerprint density at radius 3 is 2.29 bits per heavy atom. The number of carbonyl (C=O) groups is 3. The molecule has 8 heteroatoms. The van der Waals surface area contributed by atoms with E-state index in [1.54, 1.807) is 0 Å². The summed E-state index contributed by atoms with van der Waals surface area (Å²) in [7, 11) is 0. The van der Waals surface area contributed by atoms with E-state index in [1.807, 2.05) is 24.3 Å². The molecule has 2 aliphatic carbocycles. The molecule has 3 aliphatic rings. The second kappa shape index (κ2) is 10.1. The third-order valence-electron chi connectivity index (χ3n) is 7.18. The van der Waals surface area contributed by atoms with Gasteiger partial charge in [0, 0.05) is 19.1 Å². The molecule has 35 heavy (non-hydrogen) atoms. The van der Waals surface area contributed by atoms with Gasteiger partial charge in [-0.2, -0.15) is 0 Å². The first-order chi connectivity index (χ1) is 17.0. The van der Waals surface area contributed by atoms with Gasteiger partial charge in [0.2, 0.25) is 0 Å². The largest absolute Gasteiger partial charge is 0.481 e. The van der Waals surface area contributed by atoms with E-state index in [-0.39, 0.29) is 19.1 Å². The molecule has 1 aliphatic heterocycles. The number of hydrogen-bond donors (Lipinski definition) is 3. The SMILES string of the molecule is O=C(N[C@H]1CCO[C@H]1C(=O)NCC(CC1CC1)C(=O)O)OCC1c2ccccc2-c2ccccc21. The average Bonchev–Trinajstić information content (AvgIpc) is 3.47. The van der Waals surface area contributed by atoms with Gasteiger partial charge in [0.25, 0.3) is 5.91 Å². The molecule has 0 aromatic heterocycles. The first-order valence-corrected chi connectivity index (χ1v) is 12.2. The van der Waals surface area contributed by atoms with Crippen LogP contribution in [0.25, 0.3) is 11.1 Å². The number of rotatable bonds is 9. The number of aliphatic carboxylic acids is 1. The molecule has 8 nitrogen and oxygen atoms in total. The summed E-state index contributed by atoms with van der Waals surface area (Å²) in [5.74, 6) is -1.53. The summed E-state index contributed by atoms with van der Waals surface area (Å²) in [5, 5.41) is 14.9. The van der Waals surface area contributed by atoms with Gasteiger partial charge in [-0.25, -0.2) is 4.79 Å². The Morgan fingerprint density at radius 2 is 1.66 bits per heavy atom. The summed E-state index contributed by atoms with van der Waals surface area (Å²) in [6.45, 7) is 0.574. The minimum absolute atomic E-state index is 0.0495. The van der Waals surface area contributed by atoms with E-state index >= 15 is 0 Å². The molecule has 2 fully saturated rings. The second-order valence-electron chi connectivity index (χ2n) is 9.62. The van der Waals surface area contributed by atoms with E-state index in [4.69, 9.17) is 9.47 Å². The Bertz CT molecular complexity index is 1070. The van der Waals surface area contributed by atoms with Crippen LogP contribution in [0.5, 0.6) is 0 Å². The molecule has 2 aromatic carbocycles. The quantitative estimate of drug-likeness (QED) is 0.510. The van der Waals surface area contributed by atoms with Crippen LogP contribution in [0.15, 0.2) is 48.5 Å². The van der Waals surface area contributed by atoms with E-state index in [0.29, 0.717) is 25.4 Å². The van der Waals surface area contributed by atoms with E-state index in [0.717, 1.165) is 35.1 Å². The van der Waals surface area contributed by atoms with Crippen molar-refractivity contribution in [2.75, 3.05) is 19.8 Å². The number of carboxylic acid groups (broad SMARTS) is 1. The number of hydrogen-bond acceptors (Lipinski definition) is 5. The summed E-state index contributed by atoms with van der Waals surface area (Å²) >= 11 is 0. The third kappa shape index (κ3) is 5.17. The van der Waals surface area contributed by atoms with Crippen LogP contribution in [0.1, 0.15) is 42.7 Å². The van der Waals surface area contributed by atoms with Crippen molar-refractivity contribution in [3.8, 4) is 11.1 Å². The van der Waals surface area contributed by atoms with Gasteiger partial charge in [-0.1, -0.05) is 61.4 Å². The number of carboxylic acids is 1. The van der Waals surface area contributed by atoms with Gasteiger partial charge in [-0.3, -0.25) is 9.59 Å². The molecule has 5 rings (SSSR count). The number of alkyl carbamates (subject to hydrolysis) is 1. The van der Waals surface area contributed by atoms with Gasteiger partial charge in [0.1, 0.15) is 6.61 Å². The summed E-state index contributed by atoms with van der Waals surface area (Å²) in [5.41, 5.74) is 4.56. The van der Waals surface area contributed by atoms with Crippen molar-refractivity contribution in [2.45, 2.75) is 43.7 Å². The normalized spacial score (nSPS) is 21.6. The lowest BCUT2D eigenvalue weighted by Crippen LogP contribution is -2.49. The monoisotopic (exact) mass is 478 g/mol. The zero-order valence-corrected chi connectivity index (χ0v) is 19.4. The number of amides is 2. The van der Waals surface area contributed by atoms with Crippen LogP contribution in [0, 0.1) is 11.8 Å². The summed E-state index contributed by atoms with van der Waals surface area (Å²) in [6, 6.07) is 15.7. The van der Waals surface area contributed by atoms with E-state index in [9.17, 15) is 19.5 Å². The first-order valence-electron chi connectivity index (χ1n) is 12.2. The average molecular weight is 479 g/mol. The van der Waals surface area contributed by atoms with E-state index in [1.165, 1.54) is 0 Å². The summed E-state index contributed by atoms with van der Waals surface area (Å²) in [6.07, 6.45) is 1.68. The van der Waals surface area contributed by atoms with Crippen molar-refractivity contribution in [3.63, 3.8) is 0 Å². The molecule has 2 aromatic rings. The number of carbonyl (C=O) groups excluding carboxylic acids is 2. The van der Waals surface area contributed by atoms with Crippen molar-refractivity contribution in [3.05, 3.63) is 59.7 Å². The Balaban J connectivity index is 1.15. The molecular weight excluding hydrogens is 448 g/mol. The lowest BCUT2D eigenvalue weighted by Gasteiger charge is -2.21. The predicted molar refractivity (Wildman–Crippen MR) is 128 cm³/mol. The highest BCUT2D eigenvalue weighted by atomic mass is 16.6. The highest BCUT2D eigenvalue weighted by Gasteiger charge is 2.37. The molecule has 1 saturated carbocycles. The molecule has 3 N–H and O–H groups in total.